The number of pyridine rings is 1. The molecule has 3 aromatic heterocycles. The maximum Gasteiger partial charge on any atom is 0.262 e. The predicted octanol–water partition coefficient (Wildman–Crippen LogP) is 2.96. The molecule has 2 aliphatic rings. The largest absolute Gasteiger partial charge is 0.390 e. The summed E-state index contributed by atoms with van der Waals surface area (Å²) in [7, 11) is 0. The van der Waals surface area contributed by atoms with Crippen LogP contribution < -0.4 is 0 Å². The van der Waals surface area contributed by atoms with Crippen molar-refractivity contribution in [2.24, 2.45) is 0 Å². The van der Waals surface area contributed by atoms with Crippen molar-refractivity contribution < 1.29 is 9.63 Å². The topological polar surface area (TPSA) is 93.1 Å². The molecule has 8 nitrogen and oxygen atoms in total. The monoisotopic (exact) mass is 414 g/mol. The number of benzene rings is 1. The van der Waals surface area contributed by atoms with Gasteiger partial charge in [-0.2, -0.15) is 10.1 Å². The number of β-amino-alcohol motifs (C(OH)–C–C–N with tert-alkyl or cyclic N) is 1. The lowest BCUT2D eigenvalue weighted by Gasteiger charge is -2.35. The predicted molar refractivity (Wildman–Crippen MR) is 114 cm³/mol. The molecule has 1 atom stereocenters. The van der Waals surface area contributed by atoms with Gasteiger partial charge in [-0.05, 0) is 17.2 Å². The number of nitrogens with zero attached hydrogens (tertiary/aromatic N) is 6. The van der Waals surface area contributed by atoms with Crippen LogP contribution in [0.3, 0.4) is 0 Å². The molecule has 0 spiro atoms. The quantitative estimate of drug-likeness (QED) is 0.549. The Morgan fingerprint density at radius 3 is 2.71 bits per heavy atom. The first-order valence-corrected chi connectivity index (χ1v) is 10.5. The first-order chi connectivity index (χ1) is 15.2. The number of likely N-dealkylation sites (tertiary alicyclic amines) is 1. The number of aliphatic hydroxyl groups excluding tert-OH is 1. The molecule has 5 heterocycles. The third-order valence-electron chi connectivity index (χ3n) is 6.14. The van der Waals surface area contributed by atoms with E-state index >= 15 is 0 Å². The van der Waals surface area contributed by atoms with Crippen molar-refractivity contribution in [1.29, 1.82) is 0 Å². The lowest BCUT2D eigenvalue weighted by Crippen LogP contribution is -2.49. The van der Waals surface area contributed by atoms with E-state index in [0.717, 1.165) is 48.6 Å². The number of aromatic nitrogens is 5. The van der Waals surface area contributed by atoms with E-state index in [1.54, 1.807) is 12.4 Å². The van der Waals surface area contributed by atoms with E-state index in [2.05, 4.69) is 44.2 Å². The van der Waals surface area contributed by atoms with Crippen LogP contribution in [0.1, 0.15) is 24.0 Å². The Labute approximate surface area is 179 Å². The zero-order valence-corrected chi connectivity index (χ0v) is 17.1. The van der Waals surface area contributed by atoms with Gasteiger partial charge in [-0.25, -0.2) is 0 Å². The molecule has 2 aliphatic heterocycles. The number of hydrogen-bond donors (Lipinski definition) is 1. The van der Waals surface area contributed by atoms with E-state index in [4.69, 9.17) is 4.52 Å². The minimum absolute atomic E-state index is 0.182. The van der Waals surface area contributed by atoms with E-state index in [1.807, 2.05) is 29.1 Å². The molecule has 0 radical (unpaired) electrons. The van der Waals surface area contributed by atoms with Crippen LogP contribution in [-0.4, -0.2) is 54.1 Å². The summed E-state index contributed by atoms with van der Waals surface area (Å²) >= 11 is 0. The first kappa shape index (κ1) is 18.4. The van der Waals surface area contributed by atoms with Crippen LogP contribution in [0.15, 0.2) is 53.4 Å². The van der Waals surface area contributed by atoms with E-state index in [1.165, 1.54) is 11.1 Å². The zero-order chi connectivity index (χ0) is 20.9. The average molecular weight is 414 g/mol. The van der Waals surface area contributed by atoms with Gasteiger partial charge in [-0.3, -0.25) is 14.6 Å². The minimum atomic E-state index is -0.182. The van der Waals surface area contributed by atoms with E-state index in [0.29, 0.717) is 17.6 Å². The van der Waals surface area contributed by atoms with Crippen LogP contribution in [0.2, 0.25) is 0 Å². The second-order valence-corrected chi connectivity index (χ2v) is 8.42. The van der Waals surface area contributed by atoms with Gasteiger partial charge < -0.3 is 9.63 Å². The molecule has 0 bridgehead atoms. The third kappa shape index (κ3) is 3.15. The summed E-state index contributed by atoms with van der Waals surface area (Å²) in [6.45, 7) is 5.30. The van der Waals surface area contributed by atoms with Crippen molar-refractivity contribution in [2.45, 2.75) is 32.0 Å². The summed E-state index contributed by atoms with van der Waals surface area (Å²) in [4.78, 5) is 11.2. The Balaban J connectivity index is 1.29. The minimum Gasteiger partial charge on any atom is -0.390 e. The molecule has 4 aromatic rings. The van der Waals surface area contributed by atoms with Crippen molar-refractivity contribution >= 4 is 0 Å². The van der Waals surface area contributed by atoms with Crippen molar-refractivity contribution in [1.82, 2.24) is 29.8 Å². The van der Waals surface area contributed by atoms with Crippen molar-refractivity contribution in [3.8, 4) is 34.1 Å². The molecule has 1 saturated heterocycles. The van der Waals surface area contributed by atoms with E-state index in [-0.39, 0.29) is 6.10 Å². The molecule has 1 fully saturated rings. The Morgan fingerprint density at radius 2 is 1.90 bits per heavy atom. The molecule has 31 heavy (non-hydrogen) atoms. The molecule has 1 aromatic carbocycles. The molecule has 8 heteroatoms. The molecule has 6 rings (SSSR count). The SMILES string of the molecule is CC1Cn2ncc(-c3nc(-c4ccc(CN5CC(O)C5)cc4)no3)c2-c2ccncc21. The number of aliphatic hydroxyl groups is 1. The van der Waals surface area contributed by atoms with Gasteiger partial charge in [0.2, 0.25) is 5.82 Å². The van der Waals surface area contributed by atoms with Crippen LogP contribution >= 0.6 is 0 Å². The van der Waals surface area contributed by atoms with Crippen LogP contribution in [0.5, 0.6) is 0 Å². The Hall–Kier alpha value is -3.36. The lowest BCUT2D eigenvalue weighted by molar-refractivity contribution is -0.00286. The van der Waals surface area contributed by atoms with Gasteiger partial charge in [0, 0.05) is 55.6 Å². The standard InChI is InChI=1S/C23H22N6O2/c1-14-10-29-21(18-6-7-24-8-19(14)18)20(9-25-29)23-26-22(27-31-23)16-4-2-15(3-5-16)11-28-12-17(30)13-28/h2-9,14,17,30H,10-13H2,1H3. The lowest BCUT2D eigenvalue weighted by atomic mass is 9.91. The Morgan fingerprint density at radius 1 is 1.06 bits per heavy atom. The van der Waals surface area contributed by atoms with Gasteiger partial charge in [0.25, 0.3) is 5.89 Å². The second kappa shape index (κ2) is 7.11. The highest BCUT2D eigenvalue weighted by molar-refractivity contribution is 5.80. The fourth-order valence-corrected chi connectivity index (χ4v) is 4.48. The van der Waals surface area contributed by atoms with Crippen LogP contribution in [0.25, 0.3) is 34.1 Å². The zero-order valence-electron chi connectivity index (χ0n) is 17.1. The third-order valence-corrected chi connectivity index (χ3v) is 6.14. The average Bonchev–Trinajstić information content (AvgIpc) is 3.41. The molecule has 156 valence electrons. The van der Waals surface area contributed by atoms with Crippen molar-refractivity contribution in [3.63, 3.8) is 0 Å². The van der Waals surface area contributed by atoms with Crippen LogP contribution in [0, 0.1) is 0 Å². The van der Waals surface area contributed by atoms with Gasteiger partial charge in [-0.1, -0.05) is 36.3 Å². The number of fused-ring (bicyclic) bond motifs is 3. The van der Waals surface area contributed by atoms with Crippen LogP contribution in [-0.2, 0) is 13.1 Å². The molecule has 1 unspecified atom stereocenters. The highest BCUT2D eigenvalue weighted by Gasteiger charge is 2.28. The van der Waals surface area contributed by atoms with Crippen molar-refractivity contribution in [2.75, 3.05) is 13.1 Å². The van der Waals surface area contributed by atoms with E-state index in [9.17, 15) is 5.11 Å². The summed E-state index contributed by atoms with van der Waals surface area (Å²) in [6.07, 6.45) is 5.36. The summed E-state index contributed by atoms with van der Waals surface area (Å²) in [5.41, 5.74) is 6.26. The van der Waals surface area contributed by atoms with Gasteiger partial charge >= 0.3 is 0 Å². The molecule has 0 saturated carbocycles. The molecular weight excluding hydrogens is 392 g/mol. The van der Waals surface area contributed by atoms with Crippen molar-refractivity contribution in [3.05, 3.63) is 60.0 Å². The number of hydrogen-bond acceptors (Lipinski definition) is 7. The van der Waals surface area contributed by atoms with Gasteiger partial charge in [-0.15, -0.1) is 0 Å². The Bertz CT molecular complexity index is 1240. The highest BCUT2D eigenvalue weighted by Crippen LogP contribution is 2.40. The molecule has 0 aliphatic carbocycles. The summed E-state index contributed by atoms with van der Waals surface area (Å²) in [6, 6.07) is 10.2. The fraction of sp³-hybridized carbons (Fsp3) is 0.304. The van der Waals surface area contributed by atoms with Gasteiger partial charge in [0.05, 0.1) is 23.6 Å². The Kier molecular flexibility index (Phi) is 4.22. The summed E-state index contributed by atoms with van der Waals surface area (Å²) < 4.78 is 7.65. The smallest absolute Gasteiger partial charge is 0.262 e. The summed E-state index contributed by atoms with van der Waals surface area (Å²) in [5.74, 6) is 1.37. The maximum atomic E-state index is 9.43. The second-order valence-electron chi connectivity index (χ2n) is 8.42. The molecule has 1 N–H and O–H groups in total. The summed E-state index contributed by atoms with van der Waals surface area (Å²) in [5, 5.41) is 18.2. The fourth-order valence-electron chi connectivity index (χ4n) is 4.48. The highest BCUT2D eigenvalue weighted by atomic mass is 16.5. The van der Waals surface area contributed by atoms with Gasteiger partial charge in [0.15, 0.2) is 0 Å². The van der Waals surface area contributed by atoms with E-state index < -0.39 is 0 Å². The first-order valence-electron chi connectivity index (χ1n) is 10.5. The number of rotatable bonds is 4. The normalized spacial score (nSPS) is 18.5. The van der Waals surface area contributed by atoms with Gasteiger partial charge in [0.1, 0.15) is 0 Å². The van der Waals surface area contributed by atoms with Crippen LogP contribution in [0.4, 0.5) is 0 Å². The molecular formula is C23H22N6O2. The molecule has 0 amide bonds. The maximum absolute atomic E-state index is 9.43.